The first kappa shape index (κ1) is 22.3. The Bertz CT molecular complexity index is 1320. The number of aliphatic hydroxyl groups is 1. The van der Waals surface area contributed by atoms with Gasteiger partial charge in [-0.05, 0) is 42.0 Å². The lowest BCUT2D eigenvalue weighted by Gasteiger charge is -2.26. The van der Waals surface area contributed by atoms with Crippen molar-refractivity contribution >= 4 is 34.7 Å². The maximum Gasteiger partial charge on any atom is 0.300 e. The van der Waals surface area contributed by atoms with Crippen molar-refractivity contribution < 1.29 is 33.3 Å². The fourth-order valence-electron chi connectivity index (χ4n) is 3.72. The van der Waals surface area contributed by atoms with Gasteiger partial charge in [-0.1, -0.05) is 29.8 Å². The zero-order valence-electron chi connectivity index (χ0n) is 17.1. The van der Waals surface area contributed by atoms with E-state index in [4.69, 9.17) is 16.3 Å². The zero-order chi connectivity index (χ0) is 23.9. The van der Waals surface area contributed by atoms with E-state index in [0.717, 1.165) is 23.1 Å². The van der Waals surface area contributed by atoms with E-state index in [-0.39, 0.29) is 38.9 Å². The third kappa shape index (κ3) is 3.89. The largest absolute Gasteiger partial charge is 0.507 e. The van der Waals surface area contributed by atoms with Crippen molar-refractivity contribution in [3.8, 4) is 11.5 Å². The van der Waals surface area contributed by atoms with E-state index in [9.17, 15) is 28.6 Å². The number of halogens is 3. The molecule has 9 heteroatoms. The van der Waals surface area contributed by atoms with Crippen LogP contribution in [0.2, 0.25) is 5.02 Å². The highest BCUT2D eigenvalue weighted by Gasteiger charge is 2.47. The molecule has 4 rings (SSSR count). The summed E-state index contributed by atoms with van der Waals surface area (Å²) in [4.78, 5) is 27.0. The van der Waals surface area contributed by atoms with Crippen LogP contribution in [0.25, 0.3) is 5.76 Å². The third-order valence-electron chi connectivity index (χ3n) is 5.24. The Hall–Kier alpha value is -3.91. The average molecular weight is 472 g/mol. The van der Waals surface area contributed by atoms with Crippen LogP contribution in [0.4, 0.5) is 14.5 Å². The highest BCUT2D eigenvalue weighted by atomic mass is 35.5. The summed E-state index contributed by atoms with van der Waals surface area (Å²) < 4.78 is 32.5. The Morgan fingerprint density at radius 1 is 1.03 bits per heavy atom. The molecule has 0 radical (unpaired) electrons. The molecule has 0 spiro atoms. The highest BCUT2D eigenvalue weighted by molar-refractivity contribution is 6.51. The van der Waals surface area contributed by atoms with Crippen LogP contribution in [-0.2, 0) is 9.59 Å². The molecule has 33 heavy (non-hydrogen) atoms. The molecule has 1 unspecified atom stereocenters. The molecule has 0 aromatic heterocycles. The molecule has 2 N–H and O–H groups in total. The second-order valence-electron chi connectivity index (χ2n) is 7.21. The summed E-state index contributed by atoms with van der Waals surface area (Å²) in [5, 5.41) is 21.6. The van der Waals surface area contributed by atoms with Crippen LogP contribution in [0.3, 0.4) is 0 Å². The predicted octanol–water partition coefficient (Wildman–Crippen LogP) is 4.96. The van der Waals surface area contributed by atoms with Gasteiger partial charge in [-0.25, -0.2) is 8.78 Å². The number of rotatable bonds is 4. The van der Waals surface area contributed by atoms with Crippen molar-refractivity contribution in [3.63, 3.8) is 0 Å². The van der Waals surface area contributed by atoms with Gasteiger partial charge in [0.15, 0.2) is 23.1 Å². The molecular weight excluding hydrogens is 456 g/mol. The van der Waals surface area contributed by atoms with Crippen molar-refractivity contribution in [2.24, 2.45) is 0 Å². The van der Waals surface area contributed by atoms with Gasteiger partial charge in [-0.2, -0.15) is 0 Å². The number of aliphatic hydroxyl groups excluding tert-OH is 1. The topological polar surface area (TPSA) is 87.1 Å². The molecule has 0 saturated carbocycles. The number of ketones is 1. The maximum absolute atomic E-state index is 14.0. The lowest BCUT2D eigenvalue weighted by Crippen LogP contribution is -2.29. The van der Waals surface area contributed by atoms with E-state index in [1.807, 2.05) is 0 Å². The Morgan fingerprint density at radius 2 is 1.79 bits per heavy atom. The van der Waals surface area contributed by atoms with E-state index in [0.29, 0.717) is 0 Å². The summed E-state index contributed by atoms with van der Waals surface area (Å²) in [6, 6.07) is 11.6. The summed E-state index contributed by atoms with van der Waals surface area (Å²) >= 11 is 6.00. The van der Waals surface area contributed by atoms with E-state index in [1.165, 1.54) is 37.4 Å². The number of aromatic hydroxyl groups is 1. The molecule has 1 fully saturated rings. The molecule has 6 nitrogen and oxygen atoms in total. The van der Waals surface area contributed by atoms with Crippen LogP contribution in [0.15, 0.2) is 66.2 Å². The zero-order valence-corrected chi connectivity index (χ0v) is 17.8. The number of hydrogen-bond donors (Lipinski definition) is 2. The second-order valence-corrected chi connectivity index (χ2v) is 7.65. The number of anilines is 1. The number of nitrogens with zero attached hydrogens (tertiary/aromatic N) is 1. The molecule has 3 aromatic rings. The van der Waals surface area contributed by atoms with Gasteiger partial charge in [-0.15, -0.1) is 0 Å². The summed E-state index contributed by atoms with van der Waals surface area (Å²) in [7, 11) is 1.35. The second kappa shape index (κ2) is 8.55. The summed E-state index contributed by atoms with van der Waals surface area (Å²) in [5.74, 6) is -5.12. The number of carbonyl (C=O) groups excluding carboxylic acids is 2. The fraction of sp³-hybridized carbons (Fsp3) is 0.0833. The molecule has 1 saturated heterocycles. The third-order valence-corrected chi connectivity index (χ3v) is 5.48. The van der Waals surface area contributed by atoms with Crippen molar-refractivity contribution in [3.05, 3.63) is 94.0 Å². The van der Waals surface area contributed by atoms with Crippen LogP contribution in [-0.4, -0.2) is 29.0 Å². The number of carbonyl (C=O) groups is 2. The molecule has 1 atom stereocenters. The Balaban J connectivity index is 1.98. The van der Waals surface area contributed by atoms with Crippen LogP contribution < -0.4 is 9.64 Å². The average Bonchev–Trinajstić information content (AvgIpc) is 3.05. The number of methoxy groups -OCH3 is 1. The van der Waals surface area contributed by atoms with Gasteiger partial charge in [0.2, 0.25) is 0 Å². The van der Waals surface area contributed by atoms with Crippen LogP contribution in [0.5, 0.6) is 11.5 Å². The smallest absolute Gasteiger partial charge is 0.300 e. The normalized spacial score (nSPS) is 17.5. The van der Waals surface area contributed by atoms with Crippen LogP contribution >= 0.6 is 11.6 Å². The number of benzene rings is 3. The van der Waals surface area contributed by atoms with Gasteiger partial charge >= 0.3 is 0 Å². The number of Topliss-reactive ketones (excluding diaryl/α,β-unsaturated/α-hetero) is 1. The van der Waals surface area contributed by atoms with E-state index in [2.05, 4.69) is 0 Å². The molecule has 1 amide bonds. The Morgan fingerprint density at radius 3 is 2.42 bits per heavy atom. The standard InChI is InChI=1S/C24H16ClF2NO5/c1-33-19-8-5-12(10-18(19)29)21-20(22(30)13-3-2-4-14(25)9-13)23(31)24(32)28(21)15-6-7-16(26)17(27)11-15/h2-11,21,29-30H,1H3/b22-20+. The minimum absolute atomic E-state index is 0.110. The van der Waals surface area contributed by atoms with E-state index < -0.39 is 35.1 Å². The first-order chi connectivity index (χ1) is 15.7. The van der Waals surface area contributed by atoms with Gasteiger partial charge in [-0.3, -0.25) is 14.5 Å². The molecule has 0 aliphatic carbocycles. The number of phenols is 1. The first-order valence-electron chi connectivity index (χ1n) is 9.61. The van der Waals surface area contributed by atoms with E-state index >= 15 is 0 Å². The first-order valence-corrected chi connectivity index (χ1v) is 9.99. The van der Waals surface area contributed by atoms with Crippen molar-refractivity contribution in [1.82, 2.24) is 0 Å². The fourth-order valence-corrected chi connectivity index (χ4v) is 3.91. The lowest BCUT2D eigenvalue weighted by molar-refractivity contribution is -0.132. The molecule has 168 valence electrons. The molecule has 1 heterocycles. The van der Waals surface area contributed by atoms with Gasteiger partial charge in [0, 0.05) is 22.3 Å². The van der Waals surface area contributed by atoms with Crippen LogP contribution in [0.1, 0.15) is 17.2 Å². The number of hydrogen-bond acceptors (Lipinski definition) is 5. The lowest BCUT2D eigenvalue weighted by atomic mass is 9.94. The number of amides is 1. The summed E-state index contributed by atoms with van der Waals surface area (Å²) in [5.41, 5.74) is -0.0210. The van der Waals surface area contributed by atoms with Gasteiger partial charge in [0.25, 0.3) is 11.7 Å². The SMILES string of the molecule is COc1ccc(C2/C(=C(\O)c3cccc(Cl)c3)C(=O)C(=O)N2c2ccc(F)c(F)c2)cc1O. The van der Waals surface area contributed by atoms with Crippen molar-refractivity contribution in [1.29, 1.82) is 0 Å². The molecule has 1 aliphatic rings. The number of ether oxygens (including phenoxy) is 1. The number of phenolic OH excluding ortho intramolecular Hbond substituents is 1. The molecule has 3 aromatic carbocycles. The van der Waals surface area contributed by atoms with Gasteiger partial charge < -0.3 is 14.9 Å². The van der Waals surface area contributed by atoms with Crippen molar-refractivity contribution in [2.45, 2.75) is 6.04 Å². The van der Waals surface area contributed by atoms with Gasteiger partial charge in [0.05, 0.1) is 18.7 Å². The van der Waals surface area contributed by atoms with Gasteiger partial charge in [0.1, 0.15) is 5.76 Å². The maximum atomic E-state index is 14.0. The monoisotopic (exact) mass is 471 g/mol. The summed E-state index contributed by atoms with van der Waals surface area (Å²) in [6.07, 6.45) is 0. The minimum atomic E-state index is -1.26. The molecular formula is C24H16ClF2NO5. The summed E-state index contributed by atoms with van der Waals surface area (Å²) in [6.45, 7) is 0. The predicted molar refractivity (Wildman–Crippen MR) is 117 cm³/mol. The molecule has 0 bridgehead atoms. The molecule has 1 aliphatic heterocycles. The van der Waals surface area contributed by atoms with Crippen molar-refractivity contribution in [2.75, 3.05) is 12.0 Å². The Labute approximate surface area is 191 Å². The highest BCUT2D eigenvalue weighted by Crippen LogP contribution is 2.44. The Kier molecular flexibility index (Phi) is 5.78. The quantitative estimate of drug-likeness (QED) is 0.319. The van der Waals surface area contributed by atoms with E-state index in [1.54, 1.807) is 12.1 Å². The minimum Gasteiger partial charge on any atom is -0.507 e. The van der Waals surface area contributed by atoms with Crippen LogP contribution in [0, 0.1) is 11.6 Å².